The van der Waals surface area contributed by atoms with Crippen molar-refractivity contribution in [2.45, 2.75) is 6.92 Å². The van der Waals surface area contributed by atoms with E-state index in [1.54, 1.807) is 11.3 Å². The lowest BCUT2D eigenvalue weighted by atomic mass is 10.1. The second-order valence-corrected chi connectivity index (χ2v) is 6.81. The van der Waals surface area contributed by atoms with Crippen LogP contribution in [0.1, 0.15) is 5.56 Å². The zero-order chi connectivity index (χ0) is 17.1. The molecule has 0 aliphatic carbocycles. The Balaban J connectivity index is 0.00000196. The zero-order valence-corrected chi connectivity index (χ0v) is 16.8. The number of benzene rings is 3. The van der Waals surface area contributed by atoms with Crippen molar-refractivity contribution in [2.75, 3.05) is 5.32 Å². The highest BCUT2D eigenvalue weighted by Crippen LogP contribution is 2.27. The third-order valence-electron chi connectivity index (χ3n) is 4.11. The average molecular weight is 423 g/mol. The largest absolute Gasteiger partial charge is 1.00 e. The highest BCUT2D eigenvalue weighted by Gasteiger charge is 2.21. The highest BCUT2D eigenvalue weighted by molar-refractivity contribution is 7.13. The number of hydrogen-bond donors (Lipinski definition) is 1. The molecule has 0 aliphatic rings. The number of thiazole rings is 1. The summed E-state index contributed by atoms with van der Waals surface area (Å²) in [6.07, 6.45) is 0. The molecule has 4 heteroatoms. The number of halogens is 1. The summed E-state index contributed by atoms with van der Waals surface area (Å²) in [4.78, 5) is 0. The number of para-hydroxylation sites is 2. The predicted octanol–water partition coefficient (Wildman–Crippen LogP) is 2.75. The summed E-state index contributed by atoms with van der Waals surface area (Å²) in [7, 11) is 0. The van der Waals surface area contributed by atoms with Crippen LogP contribution in [-0.2, 0) is 0 Å². The van der Waals surface area contributed by atoms with E-state index in [0.717, 1.165) is 16.5 Å². The first-order valence-electron chi connectivity index (χ1n) is 8.29. The van der Waals surface area contributed by atoms with Gasteiger partial charge >= 0.3 is 5.13 Å². The maximum atomic E-state index is 3.55. The summed E-state index contributed by atoms with van der Waals surface area (Å²) in [5, 5.41) is 6.86. The summed E-state index contributed by atoms with van der Waals surface area (Å²) in [6.45, 7) is 2.12. The number of hydrogen-bond acceptors (Lipinski definition) is 2. The Morgan fingerprint density at radius 1 is 0.769 bits per heavy atom. The Hall–Kier alpha value is -2.43. The van der Waals surface area contributed by atoms with Gasteiger partial charge in [0.1, 0.15) is 11.4 Å². The van der Waals surface area contributed by atoms with Crippen LogP contribution in [0.4, 0.5) is 10.8 Å². The molecule has 1 heterocycles. The molecule has 2 nitrogen and oxygen atoms in total. The van der Waals surface area contributed by atoms with Gasteiger partial charge in [-0.05, 0) is 31.2 Å². The second kappa shape index (κ2) is 8.30. The molecule has 26 heavy (non-hydrogen) atoms. The molecule has 0 saturated heterocycles. The third-order valence-corrected chi connectivity index (χ3v) is 4.96. The van der Waals surface area contributed by atoms with E-state index in [0.29, 0.717) is 0 Å². The summed E-state index contributed by atoms with van der Waals surface area (Å²) in [5.74, 6) is 0. The Labute approximate surface area is 168 Å². The van der Waals surface area contributed by atoms with Crippen LogP contribution in [0.25, 0.3) is 16.9 Å². The van der Waals surface area contributed by atoms with Gasteiger partial charge in [0.05, 0.1) is 0 Å². The lowest BCUT2D eigenvalue weighted by Gasteiger charge is -2.06. The molecule has 0 unspecified atom stereocenters. The molecule has 1 N–H and O–H groups in total. The van der Waals surface area contributed by atoms with Gasteiger partial charge in [-0.15, -0.1) is 0 Å². The van der Waals surface area contributed by atoms with Crippen molar-refractivity contribution >= 4 is 22.2 Å². The van der Waals surface area contributed by atoms with Crippen molar-refractivity contribution in [3.63, 3.8) is 0 Å². The molecule has 1 aromatic heterocycles. The summed E-state index contributed by atoms with van der Waals surface area (Å²) in [5.41, 5.74) is 5.91. The highest BCUT2D eigenvalue weighted by atomic mass is 79.9. The smallest absolute Gasteiger partial charge is 0.344 e. The van der Waals surface area contributed by atoms with Crippen LogP contribution in [0.5, 0.6) is 0 Å². The molecular formula is C22H19BrN2S. The molecule has 0 saturated carbocycles. The van der Waals surface area contributed by atoms with Gasteiger partial charge in [-0.3, -0.25) is 0 Å². The van der Waals surface area contributed by atoms with Crippen molar-refractivity contribution < 1.29 is 21.5 Å². The van der Waals surface area contributed by atoms with E-state index in [1.165, 1.54) is 16.8 Å². The lowest BCUT2D eigenvalue weighted by molar-refractivity contribution is -0.563. The standard InChI is InChI=1S/C22H18N2S.BrH/c1-17-12-14-18(15-13-17)21-16-25-22(23-19-8-4-2-5-9-19)24(21)20-10-6-3-7-11-20;/h2-16H,1H3;1H. The van der Waals surface area contributed by atoms with E-state index < -0.39 is 0 Å². The van der Waals surface area contributed by atoms with Crippen molar-refractivity contribution in [3.8, 4) is 16.9 Å². The first-order chi connectivity index (χ1) is 12.3. The maximum absolute atomic E-state index is 3.55. The SMILES string of the molecule is Cc1ccc(-c2csc(Nc3ccccc3)[n+]2-c2ccccc2)cc1.[Br-]. The van der Waals surface area contributed by atoms with Gasteiger partial charge in [0, 0.05) is 10.9 Å². The monoisotopic (exact) mass is 422 g/mol. The Morgan fingerprint density at radius 2 is 1.38 bits per heavy atom. The van der Waals surface area contributed by atoms with Crippen LogP contribution in [0, 0.1) is 6.92 Å². The van der Waals surface area contributed by atoms with Gasteiger partial charge < -0.3 is 17.0 Å². The van der Waals surface area contributed by atoms with Crippen molar-refractivity contribution in [2.24, 2.45) is 0 Å². The first kappa shape index (κ1) is 18.4. The van der Waals surface area contributed by atoms with E-state index in [2.05, 4.69) is 82.9 Å². The van der Waals surface area contributed by atoms with E-state index in [4.69, 9.17) is 0 Å². The van der Waals surface area contributed by atoms with Gasteiger partial charge in [-0.25, -0.2) is 5.32 Å². The normalized spacial score (nSPS) is 10.2. The first-order valence-corrected chi connectivity index (χ1v) is 9.17. The minimum Gasteiger partial charge on any atom is -1.00 e. The van der Waals surface area contributed by atoms with Gasteiger partial charge in [0.25, 0.3) is 0 Å². The molecular weight excluding hydrogens is 404 g/mol. The Bertz CT molecular complexity index is 964. The molecule has 0 aliphatic heterocycles. The van der Waals surface area contributed by atoms with Crippen LogP contribution in [0.15, 0.2) is 90.3 Å². The van der Waals surface area contributed by atoms with Crippen molar-refractivity contribution in [1.82, 2.24) is 0 Å². The van der Waals surface area contributed by atoms with E-state index in [9.17, 15) is 0 Å². The minimum atomic E-state index is 0. The van der Waals surface area contributed by atoms with E-state index in [-0.39, 0.29) is 17.0 Å². The Kier molecular flexibility index (Phi) is 5.86. The third kappa shape index (κ3) is 3.87. The predicted molar refractivity (Wildman–Crippen MR) is 106 cm³/mol. The average Bonchev–Trinajstić information content (AvgIpc) is 3.07. The zero-order valence-electron chi connectivity index (χ0n) is 14.4. The van der Waals surface area contributed by atoms with Crippen molar-refractivity contribution in [3.05, 3.63) is 95.9 Å². The minimum absolute atomic E-state index is 0. The number of anilines is 2. The van der Waals surface area contributed by atoms with Crippen LogP contribution in [-0.4, -0.2) is 0 Å². The number of aryl methyl sites for hydroxylation is 1. The quantitative estimate of drug-likeness (QED) is 0.500. The number of aromatic nitrogens is 1. The molecule has 4 aromatic rings. The summed E-state index contributed by atoms with van der Waals surface area (Å²) < 4.78 is 2.28. The number of nitrogens with one attached hydrogen (secondary N) is 1. The van der Waals surface area contributed by atoms with Crippen LogP contribution in [0.2, 0.25) is 0 Å². The van der Waals surface area contributed by atoms with Crippen molar-refractivity contribution in [1.29, 1.82) is 0 Å². The number of nitrogens with zero attached hydrogens (tertiary/aromatic N) is 1. The van der Waals surface area contributed by atoms with Crippen LogP contribution >= 0.6 is 11.3 Å². The molecule has 130 valence electrons. The Morgan fingerprint density at radius 3 is 2.04 bits per heavy atom. The summed E-state index contributed by atoms with van der Waals surface area (Å²) in [6, 6.07) is 29.5. The van der Waals surface area contributed by atoms with Crippen LogP contribution < -0.4 is 26.9 Å². The van der Waals surface area contributed by atoms with Gasteiger partial charge in [0.15, 0.2) is 5.69 Å². The maximum Gasteiger partial charge on any atom is 0.344 e. The van der Waals surface area contributed by atoms with E-state index >= 15 is 0 Å². The van der Waals surface area contributed by atoms with Crippen LogP contribution in [0.3, 0.4) is 0 Å². The second-order valence-electron chi connectivity index (χ2n) is 5.95. The van der Waals surface area contributed by atoms with Gasteiger partial charge in [-0.1, -0.05) is 77.6 Å². The van der Waals surface area contributed by atoms with E-state index in [1.807, 2.05) is 24.3 Å². The molecule has 0 amide bonds. The van der Waals surface area contributed by atoms with Gasteiger partial charge in [-0.2, -0.15) is 4.57 Å². The topological polar surface area (TPSA) is 15.9 Å². The molecule has 0 fully saturated rings. The molecule has 3 aromatic carbocycles. The molecule has 0 bridgehead atoms. The fourth-order valence-corrected chi connectivity index (χ4v) is 3.76. The fraction of sp³-hybridized carbons (Fsp3) is 0.0455. The lowest BCUT2D eigenvalue weighted by Crippen LogP contribution is -3.00. The molecule has 0 radical (unpaired) electrons. The number of rotatable bonds is 4. The fourth-order valence-electron chi connectivity index (χ4n) is 2.81. The molecule has 0 spiro atoms. The molecule has 0 atom stereocenters. The van der Waals surface area contributed by atoms with Gasteiger partial charge in [0.2, 0.25) is 0 Å². The summed E-state index contributed by atoms with van der Waals surface area (Å²) >= 11 is 1.72. The molecule has 4 rings (SSSR count).